The molecule has 0 radical (unpaired) electrons. The summed E-state index contributed by atoms with van der Waals surface area (Å²) in [5, 5.41) is 13.2. The molecule has 2 aromatic rings. The van der Waals surface area contributed by atoms with Crippen LogP contribution in [0.15, 0.2) is 47.5 Å². The molecule has 0 spiro atoms. The third-order valence-electron chi connectivity index (χ3n) is 3.23. The van der Waals surface area contributed by atoms with Gasteiger partial charge in [-0.1, -0.05) is 36.4 Å². The average Bonchev–Trinajstić information content (AvgIpc) is 2.91. The van der Waals surface area contributed by atoms with Crippen LogP contribution in [0.5, 0.6) is 0 Å². The fraction of sp³-hybridized carbons (Fsp3) is 0.125. The van der Waals surface area contributed by atoms with Gasteiger partial charge in [0.25, 0.3) is 0 Å². The Morgan fingerprint density at radius 1 is 1.38 bits per heavy atom. The molecule has 1 aliphatic rings. The van der Waals surface area contributed by atoms with Gasteiger partial charge in [-0.05, 0) is 18.6 Å². The Morgan fingerprint density at radius 2 is 2.14 bits per heavy atom. The third-order valence-corrected chi connectivity index (χ3v) is 4.25. The molecule has 5 heteroatoms. The molecule has 1 aromatic carbocycles. The first-order chi connectivity index (χ1) is 10.2. The molecule has 3 rings (SSSR count). The lowest BCUT2D eigenvalue weighted by Gasteiger charge is -2.18. The molecule has 0 fully saturated rings. The van der Waals surface area contributed by atoms with Crippen LogP contribution in [0.1, 0.15) is 27.7 Å². The number of fused-ring (bicyclic) bond motifs is 1. The van der Waals surface area contributed by atoms with Gasteiger partial charge < -0.3 is 10.4 Å². The molecule has 0 bridgehead atoms. The molecule has 0 saturated heterocycles. The van der Waals surface area contributed by atoms with Crippen LogP contribution in [0.2, 0.25) is 0 Å². The number of thiophene rings is 1. The van der Waals surface area contributed by atoms with E-state index in [4.69, 9.17) is 5.11 Å². The van der Waals surface area contributed by atoms with Gasteiger partial charge in [-0.25, -0.2) is 9.79 Å². The lowest BCUT2D eigenvalue weighted by molar-refractivity contribution is 0.0702. The number of carbonyl (C=O) groups is 1. The Bertz CT molecular complexity index is 745. The molecule has 0 aliphatic carbocycles. The summed E-state index contributed by atoms with van der Waals surface area (Å²) in [6.07, 6.45) is 2.63. The van der Waals surface area contributed by atoms with Crippen molar-refractivity contribution >= 4 is 33.8 Å². The minimum Gasteiger partial charge on any atom is -0.477 e. The van der Waals surface area contributed by atoms with E-state index in [1.54, 1.807) is 6.07 Å². The molecule has 2 N–H and O–H groups in total. The van der Waals surface area contributed by atoms with Crippen molar-refractivity contribution in [3.8, 4) is 0 Å². The SMILES string of the molecule is C/C=C1/NC(Cc2ccccc2)=Nc2sc(C(=O)O)cc21. The van der Waals surface area contributed by atoms with E-state index < -0.39 is 5.97 Å². The summed E-state index contributed by atoms with van der Waals surface area (Å²) in [6, 6.07) is 11.7. The van der Waals surface area contributed by atoms with Crippen molar-refractivity contribution in [2.75, 3.05) is 0 Å². The molecular formula is C16H14N2O2S. The smallest absolute Gasteiger partial charge is 0.345 e. The van der Waals surface area contributed by atoms with Gasteiger partial charge in [-0.3, -0.25) is 0 Å². The van der Waals surface area contributed by atoms with E-state index in [0.29, 0.717) is 11.3 Å². The minimum atomic E-state index is -0.912. The van der Waals surface area contributed by atoms with E-state index in [0.717, 1.165) is 27.7 Å². The number of rotatable bonds is 3. The molecule has 2 heterocycles. The van der Waals surface area contributed by atoms with Crippen molar-refractivity contribution in [2.24, 2.45) is 4.99 Å². The highest BCUT2D eigenvalue weighted by atomic mass is 32.1. The molecular weight excluding hydrogens is 284 g/mol. The topological polar surface area (TPSA) is 61.7 Å². The summed E-state index contributed by atoms with van der Waals surface area (Å²) in [5.74, 6) is -0.0785. The van der Waals surface area contributed by atoms with Crippen molar-refractivity contribution in [1.82, 2.24) is 5.32 Å². The van der Waals surface area contributed by atoms with Gasteiger partial charge in [0.05, 0.1) is 0 Å². The van der Waals surface area contributed by atoms with Gasteiger partial charge in [0.2, 0.25) is 0 Å². The van der Waals surface area contributed by atoms with Crippen molar-refractivity contribution in [3.05, 3.63) is 58.5 Å². The fourth-order valence-electron chi connectivity index (χ4n) is 2.24. The van der Waals surface area contributed by atoms with Gasteiger partial charge in [-0.15, -0.1) is 11.3 Å². The molecule has 1 aliphatic heterocycles. The van der Waals surface area contributed by atoms with Crippen molar-refractivity contribution in [1.29, 1.82) is 0 Å². The number of allylic oxidation sites excluding steroid dienone is 1. The number of hydrogen-bond donors (Lipinski definition) is 2. The predicted molar refractivity (Wildman–Crippen MR) is 85.3 cm³/mol. The number of benzene rings is 1. The maximum Gasteiger partial charge on any atom is 0.345 e. The number of aliphatic imine (C=N–C) groups is 1. The number of amidine groups is 1. The maximum atomic E-state index is 11.1. The molecule has 106 valence electrons. The van der Waals surface area contributed by atoms with E-state index in [2.05, 4.69) is 10.3 Å². The molecule has 1 aromatic heterocycles. The Kier molecular flexibility index (Phi) is 3.58. The molecule has 0 atom stereocenters. The first-order valence-electron chi connectivity index (χ1n) is 6.59. The van der Waals surface area contributed by atoms with Crippen molar-refractivity contribution in [2.45, 2.75) is 13.3 Å². The number of hydrogen-bond acceptors (Lipinski definition) is 4. The van der Waals surface area contributed by atoms with Crippen LogP contribution in [-0.2, 0) is 6.42 Å². The Hall–Kier alpha value is -2.40. The Morgan fingerprint density at radius 3 is 2.81 bits per heavy atom. The van der Waals surface area contributed by atoms with Crippen LogP contribution >= 0.6 is 11.3 Å². The van der Waals surface area contributed by atoms with E-state index in [1.807, 2.05) is 43.3 Å². The second-order valence-electron chi connectivity index (χ2n) is 4.68. The monoisotopic (exact) mass is 298 g/mol. The summed E-state index contributed by atoms with van der Waals surface area (Å²) in [4.78, 5) is 16.0. The van der Waals surface area contributed by atoms with E-state index in [-0.39, 0.29) is 0 Å². The standard InChI is InChI=1S/C16H14N2O2S/c1-2-12-11-9-13(16(19)20)21-15(11)18-14(17-12)8-10-6-4-3-5-7-10/h2-7,9H,8H2,1H3,(H,17,18)(H,19,20)/b12-2+. The highest BCUT2D eigenvalue weighted by molar-refractivity contribution is 7.18. The number of carboxylic acid groups (broad SMARTS) is 1. The van der Waals surface area contributed by atoms with Gasteiger partial charge in [0, 0.05) is 17.7 Å². The highest BCUT2D eigenvalue weighted by Gasteiger charge is 2.21. The maximum absolute atomic E-state index is 11.1. The molecule has 0 unspecified atom stereocenters. The van der Waals surface area contributed by atoms with Crippen LogP contribution in [0.25, 0.3) is 5.70 Å². The van der Waals surface area contributed by atoms with Crippen LogP contribution in [0, 0.1) is 0 Å². The first kappa shape index (κ1) is 13.6. The first-order valence-corrected chi connectivity index (χ1v) is 7.41. The minimum absolute atomic E-state index is 0.311. The van der Waals surface area contributed by atoms with E-state index in [1.165, 1.54) is 11.3 Å². The number of nitrogens with one attached hydrogen (secondary N) is 1. The molecule has 0 amide bonds. The zero-order valence-electron chi connectivity index (χ0n) is 11.5. The van der Waals surface area contributed by atoms with Gasteiger partial charge in [-0.2, -0.15) is 0 Å². The van der Waals surface area contributed by atoms with Crippen LogP contribution in [0.4, 0.5) is 5.00 Å². The summed E-state index contributed by atoms with van der Waals surface area (Å²) in [7, 11) is 0. The largest absolute Gasteiger partial charge is 0.477 e. The zero-order chi connectivity index (χ0) is 14.8. The second kappa shape index (κ2) is 5.54. The fourth-order valence-corrected chi connectivity index (χ4v) is 3.14. The van der Waals surface area contributed by atoms with Gasteiger partial charge in [0.15, 0.2) is 0 Å². The summed E-state index contributed by atoms with van der Waals surface area (Å²) >= 11 is 1.21. The summed E-state index contributed by atoms with van der Waals surface area (Å²) in [5.41, 5.74) is 2.93. The predicted octanol–water partition coefficient (Wildman–Crippen LogP) is 3.68. The van der Waals surface area contributed by atoms with Gasteiger partial charge >= 0.3 is 5.97 Å². The second-order valence-corrected chi connectivity index (χ2v) is 5.71. The van der Waals surface area contributed by atoms with Gasteiger partial charge in [0.1, 0.15) is 15.7 Å². The quantitative estimate of drug-likeness (QED) is 0.908. The lowest BCUT2D eigenvalue weighted by Crippen LogP contribution is -2.26. The van der Waals surface area contributed by atoms with Crippen LogP contribution in [0.3, 0.4) is 0 Å². The Balaban J connectivity index is 1.96. The van der Waals surface area contributed by atoms with Crippen LogP contribution < -0.4 is 5.32 Å². The molecule has 0 saturated carbocycles. The summed E-state index contributed by atoms with van der Waals surface area (Å²) < 4.78 is 0. The average molecular weight is 298 g/mol. The third kappa shape index (κ3) is 2.73. The van der Waals surface area contributed by atoms with Crippen molar-refractivity contribution in [3.63, 3.8) is 0 Å². The number of aromatic carboxylic acids is 1. The molecule has 4 nitrogen and oxygen atoms in total. The number of carboxylic acids is 1. The highest BCUT2D eigenvalue weighted by Crippen LogP contribution is 2.37. The normalized spacial score (nSPS) is 15.3. The van der Waals surface area contributed by atoms with E-state index in [9.17, 15) is 4.79 Å². The van der Waals surface area contributed by atoms with Crippen molar-refractivity contribution < 1.29 is 9.90 Å². The van der Waals surface area contributed by atoms with E-state index >= 15 is 0 Å². The van der Waals surface area contributed by atoms with Crippen LogP contribution in [-0.4, -0.2) is 16.9 Å². The zero-order valence-corrected chi connectivity index (χ0v) is 12.3. The Labute approximate surface area is 126 Å². The number of nitrogens with zero attached hydrogens (tertiary/aromatic N) is 1. The lowest BCUT2D eigenvalue weighted by atomic mass is 10.1. The molecule has 21 heavy (non-hydrogen) atoms. The summed E-state index contributed by atoms with van der Waals surface area (Å²) in [6.45, 7) is 1.93.